The number of pyridine rings is 1. The molecule has 172 valence electrons. The predicted molar refractivity (Wildman–Crippen MR) is 114 cm³/mol. The quantitative estimate of drug-likeness (QED) is 0.368. The molecule has 11 heteroatoms. The number of H-pyrrole nitrogens is 1. The van der Waals surface area contributed by atoms with Crippen molar-refractivity contribution in [3.63, 3.8) is 0 Å². The second-order valence-corrected chi connectivity index (χ2v) is 8.23. The monoisotopic (exact) mass is 477 g/mol. The number of fused-ring (bicyclic) bond motifs is 1. The van der Waals surface area contributed by atoms with E-state index in [2.05, 4.69) is 19.7 Å². The molecule has 1 unspecified atom stereocenters. The number of alkyl halides is 3. The Kier molecular flexibility index (Phi) is 6.61. The summed E-state index contributed by atoms with van der Waals surface area (Å²) in [5.74, 6) is 0.487. The van der Waals surface area contributed by atoms with Gasteiger partial charge >= 0.3 is 11.5 Å². The summed E-state index contributed by atoms with van der Waals surface area (Å²) in [4.78, 5) is 11.3. The third kappa shape index (κ3) is 5.88. The van der Waals surface area contributed by atoms with Gasteiger partial charge in [0.15, 0.2) is 17.3 Å². The first-order chi connectivity index (χ1) is 15.8. The van der Waals surface area contributed by atoms with E-state index in [1.807, 2.05) is 30.3 Å². The average Bonchev–Trinajstić information content (AvgIpc) is 3.21. The van der Waals surface area contributed by atoms with E-state index in [0.717, 1.165) is 17.7 Å². The van der Waals surface area contributed by atoms with Gasteiger partial charge in [-0.2, -0.15) is 4.98 Å². The highest BCUT2D eigenvalue weighted by atomic mass is 32.2. The van der Waals surface area contributed by atoms with Crippen molar-refractivity contribution in [2.24, 2.45) is 0 Å². The molecule has 0 radical (unpaired) electrons. The molecule has 0 bridgehead atoms. The van der Waals surface area contributed by atoms with E-state index in [-0.39, 0.29) is 16.4 Å². The third-order valence-electron chi connectivity index (χ3n) is 4.51. The maximum absolute atomic E-state index is 12.8. The Hall–Kier alpha value is -3.44. The minimum absolute atomic E-state index is 0.0149. The molecule has 0 aliphatic rings. The van der Waals surface area contributed by atoms with Crippen LogP contribution in [0.25, 0.3) is 11.0 Å². The van der Waals surface area contributed by atoms with E-state index >= 15 is 0 Å². The Morgan fingerprint density at radius 3 is 2.58 bits per heavy atom. The maximum atomic E-state index is 12.8. The number of aromatic amines is 1. The summed E-state index contributed by atoms with van der Waals surface area (Å²) in [7, 11) is 1.49. The Morgan fingerprint density at radius 2 is 1.85 bits per heavy atom. The Labute approximate surface area is 189 Å². The fourth-order valence-corrected chi connectivity index (χ4v) is 4.00. The Balaban J connectivity index is 1.46. The second kappa shape index (κ2) is 9.59. The minimum Gasteiger partial charge on any atom is -0.609 e. The van der Waals surface area contributed by atoms with Gasteiger partial charge in [0.1, 0.15) is 12.4 Å². The SMILES string of the molecule is COc1cc(C[S+]([O-])c2nc3cc(OC(F)(F)F)ccc3[nH]2)ncc1OCc1ccccc1. The first-order valence-electron chi connectivity index (χ1n) is 9.64. The van der Waals surface area contributed by atoms with Gasteiger partial charge in [0.25, 0.3) is 0 Å². The zero-order valence-electron chi connectivity index (χ0n) is 17.3. The summed E-state index contributed by atoms with van der Waals surface area (Å²) in [6.07, 6.45) is -3.31. The van der Waals surface area contributed by atoms with Crippen molar-refractivity contribution in [2.75, 3.05) is 7.11 Å². The number of nitrogens with one attached hydrogen (secondary N) is 1. The topological polar surface area (TPSA) is 92.3 Å². The number of hydrogen-bond donors (Lipinski definition) is 1. The summed E-state index contributed by atoms with van der Waals surface area (Å²) >= 11 is -1.63. The number of ether oxygens (including phenoxy) is 3. The first-order valence-corrected chi connectivity index (χ1v) is 11.0. The first kappa shape index (κ1) is 22.7. The van der Waals surface area contributed by atoms with Crippen LogP contribution in [0.5, 0.6) is 17.2 Å². The molecule has 0 spiro atoms. The highest BCUT2D eigenvalue weighted by molar-refractivity contribution is 7.90. The van der Waals surface area contributed by atoms with Crippen molar-refractivity contribution in [3.8, 4) is 17.2 Å². The lowest BCUT2D eigenvalue weighted by molar-refractivity contribution is -0.274. The number of nitrogens with zero attached hydrogens (tertiary/aromatic N) is 2. The molecule has 7 nitrogen and oxygen atoms in total. The molecule has 0 aliphatic heterocycles. The lowest BCUT2D eigenvalue weighted by atomic mass is 10.2. The molecule has 0 fully saturated rings. The van der Waals surface area contributed by atoms with Crippen molar-refractivity contribution in [3.05, 3.63) is 72.1 Å². The van der Waals surface area contributed by atoms with Crippen molar-refractivity contribution in [1.29, 1.82) is 0 Å². The normalized spacial score (nSPS) is 12.5. The van der Waals surface area contributed by atoms with Crippen LogP contribution in [0.1, 0.15) is 11.3 Å². The smallest absolute Gasteiger partial charge is 0.573 e. The number of rotatable bonds is 8. The fourth-order valence-electron chi connectivity index (χ4n) is 3.02. The van der Waals surface area contributed by atoms with Crippen molar-refractivity contribution in [2.45, 2.75) is 23.9 Å². The van der Waals surface area contributed by atoms with Crippen molar-refractivity contribution in [1.82, 2.24) is 15.0 Å². The lowest BCUT2D eigenvalue weighted by Gasteiger charge is -2.12. The molecule has 4 rings (SSSR count). The lowest BCUT2D eigenvalue weighted by Crippen LogP contribution is -2.16. The van der Waals surface area contributed by atoms with Crippen LogP contribution in [-0.4, -0.2) is 33.0 Å². The molecule has 1 atom stereocenters. The molecule has 0 saturated carbocycles. The summed E-state index contributed by atoms with van der Waals surface area (Å²) in [6, 6.07) is 14.9. The number of benzene rings is 2. The van der Waals surface area contributed by atoms with Gasteiger partial charge in [-0.3, -0.25) is 9.97 Å². The summed E-state index contributed by atoms with van der Waals surface area (Å²) < 4.78 is 65.1. The van der Waals surface area contributed by atoms with Gasteiger partial charge in [-0.05, 0) is 17.7 Å². The standard InChI is InChI=1S/C22H18F3N3O4S/c1-30-19-9-15(26-11-20(19)31-12-14-5-3-2-4-6-14)13-33(29)21-27-17-8-7-16(10-18(17)28-21)32-22(23,24)25/h2-11H,12-13H2,1H3,(H,27,28). The number of aromatic nitrogens is 3. The molecule has 2 heterocycles. The minimum atomic E-state index is -4.81. The van der Waals surface area contributed by atoms with E-state index < -0.39 is 23.3 Å². The summed E-state index contributed by atoms with van der Waals surface area (Å²) in [5.41, 5.74) is 2.09. The van der Waals surface area contributed by atoms with E-state index in [0.29, 0.717) is 29.3 Å². The molecule has 0 aliphatic carbocycles. The van der Waals surface area contributed by atoms with Crippen LogP contribution in [0, 0.1) is 0 Å². The van der Waals surface area contributed by atoms with Gasteiger partial charge in [-0.15, -0.1) is 13.2 Å². The van der Waals surface area contributed by atoms with E-state index in [9.17, 15) is 17.7 Å². The van der Waals surface area contributed by atoms with E-state index in [1.165, 1.54) is 19.4 Å². The van der Waals surface area contributed by atoms with Gasteiger partial charge in [-0.1, -0.05) is 30.3 Å². The number of imidazole rings is 1. The zero-order valence-corrected chi connectivity index (χ0v) is 18.1. The average molecular weight is 477 g/mol. The molecule has 0 saturated heterocycles. The molecule has 2 aromatic carbocycles. The number of halogens is 3. The van der Waals surface area contributed by atoms with Gasteiger partial charge < -0.3 is 18.8 Å². The summed E-state index contributed by atoms with van der Waals surface area (Å²) in [5, 5.41) is 0.110. The number of methoxy groups -OCH3 is 1. The fraction of sp³-hybridized carbons (Fsp3) is 0.182. The van der Waals surface area contributed by atoms with Gasteiger partial charge in [0.2, 0.25) is 0 Å². The van der Waals surface area contributed by atoms with Gasteiger partial charge in [0, 0.05) is 23.3 Å². The van der Waals surface area contributed by atoms with Crippen LogP contribution < -0.4 is 14.2 Å². The van der Waals surface area contributed by atoms with Crippen LogP contribution >= 0.6 is 0 Å². The molecule has 2 aromatic heterocycles. The second-order valence-electron chi connectivity index (χ2n) is 6.86. The van der Waals surface area contributed by atoms with Crippen LogP contribution in [0.3, 0.4) is 0 Å². The highest BCUT2D eigenvalue weighted by Gasteiger charge is 2.31. The maximum Gasteiger partial charge on any atom is 0.573 e. The van der Waals surface area contributed by atoms with E-state index in [1.54, 1.807) is 6.07 Å². The molecule has 1 N–H and O–H groups in total. The van der Waals surface area contributed by atoms with Crippen LogP contribution in [0.4, 0.5) is 13.2 Å². The van der Waals surface area contributed by atoms with Gasteiger partial charge in [-0.25, -0.2) is 0 Å². The van der Waals surface area contributed by atoms with Crippen molar-refractivity contribution < 1.29 is 31.9 Å². The predicted octanol–water partition coefficient (Wildman–Crippen LogP) is 4.75. The highest BCUT2D eigenvalue weighted by Crippen LogP contribution is 2.30. The Bertz CT molecular complexity index is 1230. The van der Waals surface area contributed by atoms with Crippen LogP contribution in [-0.2, 0) is 23.5 Å². The molecular weight excluding hydrogens is 459 g/mol. The number of hydrogen-bond acceptors (Lipinski definition) is 6. The van der Waals surface area contributed by atoms with Crippen LogP contribution in [0.15, 0.2) is 66.0 Å². The largest absolute Gasteiger partial charge is 0.609 e. The molecule has 33 heavy (non-hydrogen) atoms. The summed E-state index contributed by atoms with van der Waals surface area (Å²) in [6.45, 7) is 0.336. The van der Waals surface area contributed by atoms with Gasteiger partial charge in [0.05, 0.1) is 30.0 Å². The van der Waals surface area contributed by atoms with Crippen molar-refractivity contribution >= 4 is 22.2 Å². The molecule has 4 aromatic rings. The molecule has 0 amide bonds. The Morgan fingerprint density at radius 1 is 1.06 bits per heavy atom. The third-order valence-corrected chi connectivity index (χ3v) is 5.69. The van der Waals surface area contributed by atoms with Crippen LogP contribution in [0.2, 0.25) is 0 Å². The molecular formula is C22H18F3N3O4S. The zero-order chi connectivity index (χ0) is 23.4. The van der Waals surface area contributed by atoms with E-state index in [4.69, 9.17) is 9.47 Å².